The van der Waals surface area contributed by atoms with Crippen LogP contribution in [0.25, 0.3) is 0 Å². The molecule has 0 rings (SSSR count). The molecule has 0 fully saturated rings. The first kappa shape index (κ1) is 17.5. The van der Waals surface area contributed by atoms with E-state index >= 15 is 0 Å². The summed E-state index contributed by atoms with van der Waals surface area (Å²) < 4.78 is 20.7. The Hall–Kier alpha value is -0.473. The van der Waals surface area contributed by atoms with Crippen molar-refractivity contribution in [2.24, 2.45) is 0 Å². The van der Waals surface area contributed by atoms with E-state index in [1.807, 2.05) is 0 Å². The molecule has 1 N–H and O–H groups in total. The molecule has 0 spiro atoms. The van der Waals surface area contributed by atoms with Crippen LogP contribution in [0.5, 0.6) is 0 Å². The van der Waals surface area contributed by atoms with Crippen LogP contribution in [0.15, 0.2) is 0 Å². The van der Waals surface area contributed by atoms with E-state index in [-0.39, 0.29) is 5.97 Å². The number of rotatable bonds is 11. The molecule has 0 radical (unpaired) electrons. The SMILES string of the molecule is CCOC(=O)CCNCCC[Si](OC)(OC)OC. The Bertz CT molecular complexity index is 215. The Morgan fingerprint density at radius 3 is 2.22 bits per heavy atom. The van der Waals surface area contributed by atoms with Gasteiger partial charge in [0.2, 0.25) is 0 Å². The van der Waals surface area contributed by atoms with Crippen LogP contribution >= 0.6 is 0 Å². The van der Waals surface area contributed by atoms with Crippen LogP contribution in [0, 0.1) is 0 Å². The summed E-state index contributed by atoms with van der Waals surface area (Å²) in [6, 6.07) is 0.753. The van der Waals surface area contributed by atoms with Crippen molar-refractivity contribution >= 4 is 14.8 Å². The minimum Gasteiger partial charge on any atom is -0.466 e. The highest BCUT2D eigenvalue weighted by atomic mass is 28.4. The molecule has 0 saturated carbocycles. The summed E-state index contributed by atoms with van der Waals surface area (Å²) in [6.07, 6.45) is 1.28. The maximum Gasteiger partial charge on any atom is 0.500 e. The molecule has 7 heteroatoms. The van der Waals surface area contributed by atoms with Gasteiger partial charge in [-0.3, -0.25) is 4.79 Å². The number of esters is 1. The fraction of sp³-hybridized carbons (Fsp3) is 0.909. The molecular weight excluding hydrogens is 254 g/mol. The second-order valence-electron chi connectivity index (χ2n) is 3.70. The summed E-state index contributed by atoms with van der Waals surface area (Å²) >= 11 is 0. The summed E-state index contributed by atoms with van der Waals surface area (Å²) in [5.41, 5.74) is 0. The normalized spacial score (nSPS) is 11.6. The molecular formula is C11H25NO5Si. The second-order valence-corrected chi connectivity index (χ2v) is 6.79. The molecule has 0 aliphatic rings. The molecule has 0 unspecified atom stereocenters. The van der Waals surface area contributed by atoms with Gasteiger partial charge in [-0.2, -0.15) is 0 Å². The van der Waals surface area contributed by atoms with Crippen molar-refractivity contribution in [1.29, 1.82) is 0 Å². The van der Waals surface area contributed by atoms with Crippen molar-refractivity contribution in [3.05, 3.63) is 0 Å². The summed E-state index contributed by atoms with van der Waals surface area (Å²) in [6.45, 7) is 3.66. The van der Waals surface area contributed by atoms with E-state index in [1.165, 1.54) is 0 Å². The molecule has 0 saturated heterocycles. The zero-order chi connectivity index (χ0) is 13.9. The van der Waals surface area contributed by atoms with Crippen molar-refractivity contribution in [3.8, 4) is 0 Å². The molecule has 0 atom stereocenters. The van der Waals surface area contributed by atoms with Gasteiger partial charge in [0, 0.05) is 33.9 Å². The highest BCUT2D eigenvalue weighted by molar-refractivity contribution is 6.60. The molecule has 0 aliphatic carbocycles. The molecule has 108 valence electrons. The zero-order valence-corrected chi connectivity index (χ0v) is 12.8. The lowest BCUT2D eigenvalue weighted by molar-refractivity contribution is -0.142. The van der Waals surface area contributed by atoms with Gasteiger partial charge in [0.15, 0.2) is 0 Å². The van der Waals surface area contributed by atoms with Gasteiger partial charge in [0.1, 0.15) is 0 Å². The highest BCUT2D eigenvalue weighted by Crippen LogP contribution is 2.14. The van der Waals surface area contributed by atoms with E-state index in [1.54, 1.807) is 28.3 Å². The smallest absolute Gasteiger partial charge is 0.466 e. The number of carbonyl (C=O) groups excluding carboxylic acids is 1. The van der Waals surface area contributed by atoms with Gasteiger partial charge >= 0.3 is 14.8 Å². The first-order valence-corrected chi connectivity index (χ1v) is 8.09. The lowest BCUT2D eigenvalue weighted by Gasteiger charge is -2.24. The van der Waals surface area contributed by atoms with Gasteiger partial charge < -0.3 is 23.3 Å². The Morgan fingerprint density at radius 2 is 1.72 bits per heavy atom. The van der Waals surface area contributed by atoms with Gasteiger partial charge in [0.05, 0.1) is 13.0 Å². The van der Waals surface area contributed by atoms with E-state index in [9.17, 15) is 4.79 Å². The number of ether oxygens (including phenoxy) is 1. The minimum atomic E-state index is -2.44. The van der Waals surface area contributed by atoms with Crippen LogP contribution in [-0.4, -0.2) is 55.8 Å². The van der Waals surface area contributed by atoms with Crippen molar-refractivity contribution in [1.82, 2.24) is 5.32 Å². The molecule has 0 aromatic heterocycles. The van der Waals surface area contributed by atoms with Gasteiger partial charge in [-0.1, -0.05) is 0 Å². The molecule has 0 aliphatic heterocycles. The average molecular weight is 279 g/mol. The van der Waals surface area contributed by atoms with Crippen LogP contribution in [0.1, 0.15) is 19.8 Å². The molecule has 0 amide bonds. The van der Waals surface area contributed by atoms with Crippen molar-refractivity contribution < 1.29 is 22.8 Å². The lowest BCUT2D eigenvalue weighted by Crippen LogP contribution is -2.43. The number of carbonyl (C=O) groups is 1. The third kappa shape index (κ3) is 7.07. The van der Waals surface area contributed by atoms with Gasteiger partial charge in [-0.05, 0) is 19.9 Å². The van der Waals surface area contributed by atoms with E-state index in [2.05, 4.69) is 5.32 Å². The largest absolute Gasteiger partial charge is 0.500 e. The summed E-state index contributed by atoms with van der Waals surface area (Å²) in [4.78, 5) is 11.1. The lowest BCUT2D eigenvalue weighted by atomic mass is 10.4. The van der Waals surface area contributed by atoms with E-state index in [0.717, 1.165) is 19.0 Å². The molecule has 0 aromatic rings. The van der Waals surface area contributed by atoms with E-state index < -0.39 is 8.80 Å². The average Bonchev–Trinajstić information content (AvgIpc) is 2.39. The fourth-order valence-corrected chi connectivity index (χ4v) is 3.26. The highest BCUT2D eigenvalue weighted by Gasteiger charge is 2.36. The van der Waals surface area contributed by atoms with Gasteiger partial charge in [-0.15, -0.1) is 0 Å². The van der Waals surface area contributed by atoms with Crippen molar-refractivity contribution in [2.45, 2.75) is 25.8 Å². The summed E-state index contributed by atoms with van der Waals surface area (Å²) in [7, 11) is 2.37. The van der Waals surface area contributed by atoms with Gasteiger partial charge in [-0.25, -0.2) is 0 Å². The topological polar surface area (TPSA) is 66.0 Å². The monoisotopic (exact) mass is 279 g/mol. The summed E-state index contributed by atoms with van der Waals surface area (Å²) in [5.74, 6) is -0.167. The standard InChI is InChI=1S/C11H25NO5Si/c1-5-17-11(13)7-9-12-8-6-10-18(14-2,15-3)16-4/h12H,5-10H2,1-4H3. The van der Waals surface area contributed by atoms with Gasteiger partial charge in [0.25, 0.3) is 0 Å². The van der Waals surface area contributed by atoms with E-state index in [0.29, 0.717) is 19.6 Å². The fourth-order valence-electron chi connectivity index (χ4n) is 1.53. The Labute approximate surface area is 110 Å². The zero-order valence-electron chi connectivity index (χ0n) is 11.8. The van der Waals surface area contributed by atoms with E-state index in [4.69, 9.17) is 18.0 Å². The maximum atomic E-state index is 11.1. The number of hydrogen-bond acceptors (Lipinski definition) is 6. The molecule has 0 aromatic carbocycles. The van der Waals surface area contributed by atoms with Crippen LogP contribution in [0.3, 0.4) is 0 Å². The maximum absolute atomic E-state index is 11.1. The molecule has 0 bridgehead atoms. The van der Waals surface area contributed by atoms with Crippen LogP contribution in [0.4, 0.5) is 0 Å². The third-order valence-corrected chi connectivity index (χ3v) is 5.41. The minimum absolute atomic E-state index is 0.167. The quantitative estimate of drug-likeness (QED) is 0.343. The second kappa shape index (κ2) is 10.4. The number of hydrogen-bond donors (Lipinski definition) is 1. The summed E-state index contributed by atoms with van der Waals surface area (Å²) in [5, 5.41) is 3.17. The first-order chi connectivity index (χ1) is 8.64. The van der Waals surface area contributed by atoms with Crippen LogP contribution in [0.2, 0.25) is 6.04 Å². The van der Waals surface area contributed by atoms with Crippen molar-refractivity contribution in [3.63, 3.8) is 0 Å². The van der Waals surface area contributed by atoms with Crippen molar-refractivity contribution in [2.75, 3.05) is 41.0 Å². The van der Waals surface area contributed by atoms with Crippen LogP contribution in [-0.2, 0) is 22.8 Å². The Balaban J connectivity index is 3.58. The van der Waals surface area contributed by atoms with Crippen LogP contribution < -0.4 is 5.32 Å². The molecule has 6 nitrogen and oxygen atoms in total. The Morgan fingerprint density at radius 1 is 1.11 bits per heavy atom. The molecule has 18 heavy (non-hydrogen) atoms. The first-order valence-electron chi connectivity index (χ1n) is 6.16. The predicted octanol–water partition coefficient (Wildman–Crippen LogP) is 0.797. The number of nitrogens with one attached hydrogen (secondary N) is 1. The third-order valence-electron chi connectivity index (χ3n) is 2.58. The predicted molar refractivity (Wildman–Crippen MR) is 70.3 cm³/mol. The Kier molecular flexibility index (Phi) is 10.2. The molecule has 0 heterocycles.